The summed E-state index contributed by atoms with van der Waals surface area (Å²) in [4.78, 5) is 12.3. The van der Waals surface area contributed by atoms with Crippen molar-refractivity contribution in [3.8, 4) is 22.6 Å². The Labute approximate surface area is 152 Å². The second kappa shape index (κ2) is 7.27. The van der Waals surface area contributed by atoms with Crippen LogP contribution < -0.4 is 15.1 Å². The van der Waals surface area contributed by atoms with Gasteiger partial charge in [-0.1, -0.05) is 12.1 Å². The Hall–Kier alpha value is -2.34. The molecule has 0 bridgehead atoms. The van der Waals surface area contributed by atoms with Crippen molar-refractivity contribution in [2.45, 2.75) is 20.2 Å². The Balaban J connectivity index is 2.09. The molecule has 0 aliphatic heterocycles. The first-order valence-corrected chi connectivity index (χ1v) is 8.58. The third-order valence-corrected chi connectivity index (χ3v) is 4.12. The molecular weight excluding hydrogens is 391 g/mol. The van der Waals surface area contributed by atoms with E-state index in [9.17, 15) is 9.18 Å². The Morgan fingerprint density at radius 3 is 2.52 bits per heavy atom. The van der Waals surface area contributed by atoms with Crippen molar-refractivity contribution >= 4 is 26.9 Å². The number of fused-ring (bicyclic) bond motifs is 1. The molecule has 0 saturated carbocycles. The minimum atomic E-state index is -1.44. The van der Waals surface area contributed by atoms with Gasteiger partial charge in [0.25, 0.3) is 0 Å². The Bertz CT molecular complexity index is 948. The van der Waals surface area contributed by atoms with Gasteiger partial charge in [-0.05, 0) is 58.7 Å². The zero-order valence-corrected chi connectivity index (χ0v) is 15.3. The number of hydrogen-bond donors (Lipinski definition) is 0. The number of halogens is 2. The molecule has 4 nitrogen and oxygen atoms in total. The second-order valence-electron chi connectivity index (χ2n) is 5.39. The van der Waals surface area contributed by atoms with Crippen molar-refractivity contribution in [3.63, 3.8) is 0 Å². The van der Waals surface area contributed by atoms with Crippen LogP contribution in [0.4, 0.5) is 4.39 Å². The molecule has 0 aliphatic carbocycles. The highest BCUT2D eigenvalue weighted by molar-refractivity contribution is 9.10. The molecule has 3 rings (SSSR count). The van der Waals surface area contributed by atoms with Crippen LogP contribution in [0.15, 0.2) is 56.1 Å². The SMILES string of the molecule is CCOc1ccc(-c2cc3cc(OC(C)F)cc(Br)c3oc2=O)cc1. The fourth-order valence-electron chi connectivity index (χ4n) is 2.52. The molecule has 1 unspecified atom stereocenters. The van der Waals surface area contributed by atoms with Crippen LogP contribution in [0, 0.1) is 0 Å². The standard InChI is InChI=1S/C19H16BrFO4/c1-3-23-14-6-4-12(5-7-14)16-9-13-8-15(24-11(2)21)10-17(20)18(13)25-19(16)22/h4-11H,3H2,1-2H3. The second-order valence-corrected chi connectivity index (χ2v) is 6.24. The van der Waals surface area contributed by atoms with E-state index >= 15 is 0 Å². The van der Waals surface area contributed by atoms with E-state index < -0.39 is 12.0 Å². The quantitative estimate of drug-likeness (QED) is 0.538. The van der Waals surface area contributed by atoms with Gasteiger partial charge >= 0.3 is 5.63 Å². The van der Waals surface area contributed by atoms with Crippen molar-refractivity contribution in [1.82, 2.24) is 0 Å². The van der Waals surface area contributed by atoms with Crippen molar-refractivity contribution in [2.24, 2.45) is 0 Å². The molecule has 25 heavy (non-hydrogen) atoms. The van der Waals surface area contributed by atoms with Crippen LogP contribution in [0.3, 0.4) is 0 Å². The minimum Gasteiger partial charge on any atom is -0.494 e. The molecule has 3 aromatic rings. The molecule has 1 atom stereocenters. The number of rotatable bonds is 5. The fourth-order valence-corrected chi connectivity index (χ4v) is 3.06. The third kappa shape index (κ3) is 3.85. The lowest BCUT2D eigenvalue weighted by molar-refractivity contribution is 0.0861. The summed E-state index contributed by atoms with van der Waals surface area (Å²) in [6.07, 6.45) is -1.44. The summed E-state index contributed by atoms with van der Waals surface area (Å²) in [6, 6.07) is 12.1. The number of benzene rings is 2. The van der Waals surface area contributed by atoms with Gasteiger partial charge in [-0.25, -0.2) is 9.18 Å². The highest BCUT2D eigenvalue weighted by Gasteiger charge is 2.13. The monoisotopic (exact) mass is 406 g/mol. The lowest BCUT2D eigenvalue weighted by atomic mass is 10.1. The molecule has 1 heterocycles. The van der Waals surface area contributed by atoms with E-state index in [1.165, 1.54) is 6.92 Å². The molecule has 0 spiro atoms. The van der Waals surface area contributed by atoms with Gasteiger partial charge < -0.3 is 13.9 Å². The van der Waals surface area contributed by atoms with Gasteiger partial charge in [-0.15, -0.1) is 0 Å². The number of hydrogen-bond acceptors (Lipinski definition) is 4. The largest absolute Gasteiger partial charge is 0.494 e. The molecule has 0 saturated heterocycles. The van der Waals surface area contributed by atoms with Crippen LogP contribution in [0.25, 0.3) is 22.1 Å². The molecule has 1 aromatic heterocycles. The van der Waals surface area contributed by atoms with Gasteiger partial charge in [0.05, 0.1) is 16.6 Å². The molecule has 0 fully saturated rings. The maximum absolute atomic E-state index is 13.1. The molecule has 130 valence electrons. The summed E-state index contributed by atoms with van der Waals surface area (Å²) < 4.78 is 29.6. The topological polar surface area (TPSA) is 48.7 Å². The van der Waals surface area contributed by atoms with E-state index in [0.717, 1.165) is 5.75 Å². The van der Waals surface area contributed by atoms with Crippen LogP contribution in [0.2, 0.25) is 0 Å². The van der Waals surface area contributed by atoms with E-state index in [1.54, 1.807) is 42.5 Å². The average molecular weight is 407 g/mol. The van der Waals surface area contributed by atoms with Crippen LogP contribution >= 0.6 is 15.9 Å². The van der Waals surface area contributed by atoms with E-state index in [-0.39, 0.29) is 0 Å². The van der Waals surface area contributed by atoms with Crippen molar-refractivity contribution < 1.29 is 18.3 Å². The summed E-state index contributed by atoms with van der Waals surface area (Å²) in [5.41, 5.74) is 1.05. The van der Waals surface area contributed by atoms with Crippen molar-refractivity contribution in [2.75, 3.05) is 6.61 Å². The summed E-state index contributed by atoms with van der Waals surface area (Å²) in [5.74, 6) is 1.08. The maximum atomic E-state index is 13.1. The summed E-state index contributed by atoms with van der Waals surface area (Å²) in [5, 5.41) is 0.633. The van der Waals surface area contributed by atoms with Gasteiger partial charge in [0, 0.05) is 12.3 Å². The number of alkyl halides is 1. The van der Waals surface area contributed by atoms with E-state index in [2.05, 4.69) is 15.9 Å². The smallest absolute Gasteiger partial charge is 0.344 e. The molecule has 2 aromatic carbocycles. The first-order chi connectivity index (χ1) is 12.0. The van der Waals surface area contributed by atoms with Crippen molar-refractivity contribution in [3.05, 3.63) is 57.4 Å². The Morgan fingerprint density at radius 1 is 1.16 bits per heavy atom. The molecular formula is C19H16BrFO4. The minimum absolute atomic E-state index is 0.348. The third-order valence-electron chi connectivity index (χ3n) is 3.54. The molecule has 0 amide bonds. The van der Waals surface area contributed by atoms with Crippen LogP contribution in [-0.2, 0) is 0 Å². The predicted octanol–water partition coefficient (Wildman–Crippen LogP) is 5.32. The highest BCUT2D eigenvalue weighted by Crippen LogP contribution is 2.31. The summed E-state index contributed by atoms with van der Waals surface area (Å²) in [6.45, 7) is 3.78. The molecule has 0 radical (unpaired) electrons. The lowest BCUT2D eigenvalue weighted by Gasteiger charge is -2.10. The summed E-state index contributed by atoms with van der Waals surface area (Å²) >= 11 is 3.33. The normalized spacial score (nSPS) is 12.2. The Morgan fingerprint density at radius 2 is 1.88 bits per heavy atom. The van der Waals surface area contributed by atoms with Gasteiger partial charge in [0.1, 0.15) is 11.5 Å². The van der Waals surface area contributed by atoms with Crippen LogP contribution in [0.5, 0.6) is 11.5 Å². The highest BCUT2D eigenvalue weighted by atomic mass is 79.9. The van der Waals surface area contributed by atoms with Crippen molar-refractivity contribution in [1.29, 1.82) is 0 Å². The van der Waals surface area contributed by atoms with E-state index in [1.807, 2.05) is 6.92 Å². The zero-order valence-electron chi connectivity index (χ0n) is 13.7. The number of ether oxygens (including phenoxy) is 2. The summed E-state index contributed by atoms with van der Waals surface area (Å²) in [7, 11) is 0. The first-order valence-electron chi connectivity index (χ1n) is 7.79. The Kier molecular flexibility index (Phi) is 5.08. The van der Waals surface area contributed by atoms with Gasteiger partial charge in [-0.2, -0.15) is 0 Å². The van der Waals surface area contributed by atoms with Crippen LogP contribution in [-0.4, -0.2) is 13.0 Å². The zero-order chi connectivity index (χ0) is 18.0. The van der Waals surface area contributed by atoms with E-state index in [4.69, 9.17) is 13.9 Å². The molecule has 0 aliphatic rings. The van der Waals surface area contributed by atoms with Crippen LogP contribution in [0.1, 0.15) is 13.8 Å². The first kappa shape index (κ1) is 17.5. The van der Waals surface area contributed by atoms with E-state index in [0.29, 0.717) is 38.9 Å². The maximum Gasteiger partial charge on any atom is 0.344 e. The van der Waals surface area contributed by atoms with Gasteiger partial charge in [0.15, 0.2) is 5.58 Å². The fraction of sp³-hybridized carbons (Fsp3) is 0.211. The predicted molar refractivity (Wildman–Crippen MR) is 98.0 cm³/mol. The average Bonchev–Trinajstić information content (AvgIpc) is 2.56. The van der Waals surface area contributed by atoms with Gasteiger partial charge in [-0.3, -0.25) is 0 Å². The molecule has 6 heteroatoms. The lowest BCUT2D eigenvalue weighted by Crippen LogP contribution is -2.05. The van der Waals surface area contributed by atoms with Gasteiger partial charge in [0.2, 0.25) is 6.36 Å². The molecule has 0 N–H and O–H groups in total.